The van der Waals surface area contributed by atoms with Crippen LogP contribution in [-0.2, 0) is 4.79 Å². The molecule has 5 N–H and O–H groups in total. The Morgan fingerprint density at radius 1 is 1.07 bits per heavy atom. The van der Waals surface area contributed by atoms with E-state index in [0.29, 0.717) is 28.8 Å². The number of carbonyl (C=O) groups excluding carboxylic acids is 3. The monoisotopic (exact) mass is 544 g/mol. The number of hydrogen-bond acceptors (Lipinski definition) is 4. The lowest BCUT2D eigenvalue weighted by molar-refractivity contribution is -0.113. The van der Waals surface area contributed by atoms with Crippen molar-refractivity contribution in [3.05, 3.63) is 70.8 Å². The second-order valence-electron chi connectivity index (χ2n) is 11.9. The van der Waals surface area contributed by atoms with Gasteiger partial charge in [-0.15, -0.1) is 0 Å². The lowest BCUT2D eigenvalue weighted by atomic mass is 9.91. The molecule has 2 saturated carbocycles. The van der Waals surface area contributed by atoms with Gasteiger partial charge in [0.15, 0.2) is 0 Å². The van der Waals surface area contributed by atoms with Gasteiger partial charge in [0, 0.05) is 22.8 Å². The molecule has 1 aromatic heterocycles. The summed E-state index contributed by atoms with van der Waals surface area (Å²) in [5, 5.41) is 19.1. The molecule has 5 unspecified atom stereocenters. The molecule has 2 heterocycles. The summed E-state index contributed by atoms with van der Waals surface area (Å²) in [6.07, 6.45) is 2.49. The van der Waals surface area contributed by atoms with E-state index in [1.54, 1.807) is 31.3 Å². The molecule has 10 heteroatoms. The number of H-pyrrole nitrogens is 1. The van der Waals surface area contributed by atoms with Crippen molar-refractivity contribution >= 4 is 34.4 Å². The zero-order chi connectivity index (χ0) is 28.6. The molecule has 1 aliphatic heterocycles. The average Bonchev–Trinajstić information content (AvgIpc) is 3.21. The number of nitrogens with one attached hydrogen (secondary N) is 5. The molecule has 4 amide bonds. The summed E-state index contributed by atoms with van der Waals surface area (Å²) in [6, 6.07) is 8.00. The number of aromatic amines is 1. The van der Waals surface area contributed by atoms with Crippen LogP contribution in [0.25, 0.3) is 10.9 Å². The molecular weight excluding hydrogens is 511 g/mol. The van der Waals surface area contributed by atoms with Crippen LogP contribution in [0.5, 0.6) is 0 Å². The van der Waals surface area contributed by atoms with Crippen molar-refractivity contribution in [1.29, 1.82) is 0 Å². The van der Waals surface area contributed by atoms with Gasteiger partial charge in [0.05, 0.1) is 28.9 Å². The lowest BCUT2D eigenvalue weighted by Gasteiger charge is -2.29. The first kappa shape index (κ1) is 26.0. The van der Waals surface area contributed by atoms with Gasteiger partial charge in [0.2, 0.25) is 0 Å². The van der Waals surface area contributed by atoms with Crippen molar-refractivity contribution in [1.82, 2.24) is 26.1 Å². The third kappa shape index (κ3) is 3.72. The molecule has 40 heavy (non-hydrogen) atoms. The van der Waals surface area contributed by atoms with Crippen LogP contribution in [0.4, 0.5) is 14.9 Å². The number of fused-ring (bicyclic) bond motifs is 2. The molecule has 0 bridgehead atoms. The fourth-order valence-electron chi connectivity index (χ4n) is 7.41. The van der Waals surface area contributed by atoms with Crippen molar-refractivity contribution < 1.29 is 18.8 Å². The Labute approximate surface area is 231 Å². The molecule has 3 aromatic rings. The number of halogens is 1. The Balaban J connectivity index is 1.27. The van der Waals surface area contributed by atoms with Gasteiger partial charge in [-0.05, 0) is 71.9 Å². The van der Waals surface area contributed by atoms with Crippen LogP contribution in [0, 0.1) is 28.5 Å². The Kier molecular flexibility index (Phi) is 5.80. The number of urea groups is 1. The second-order valence-corrected chi connectivity index (χ2v) is 11.9. The van der Waals surface area contributed by atoms with E-state index >= 15 is 4.39 Å². The summed E-state index contributed by atoms with van der Waals surface area (Å²) in [7, 11) is 0. The number of anilines is 1. The summed E-state index contributed by atoms with van der Waals surface area (Å²) in [4.78, 5) is 39.3. The maximum Gasteiger partial charge on any atom is 0.319 e. The third-order valence-corrected chi connectivity index (χ3v) is 10.3. The van der Waals surface area contributed by atoms with Gasteiger partial charge in [-0.3, -0.25) is 14.7 Å². The molecule has 9 nitrogen and oxygen atoms in total. The smallest absolute Gasteiger partial charge is 0.319 e. The summed E-state index contributed by atoms with van der Waals surface area (Å²) < 4.78 is 15.0. The average molecular weight is 545 g/mol. The number of allylic oxidation sites excluding steroid dienone is 1. The highest BCUT2D eigenvalue weighted by molar-refractivity contribution is 6.07. The van der Waals surface area contributed by atoms with E-state index in [9.17, 15) is 14.4 Å². The topological polar surface area (TPSA) is 128 Å². The molecule has 208 valence electrons. The standard InChI is InChI=1S/C30H33FN6O3/c1-14-10-23(30(5)16(3)29(14,30)4)35-26(38)20-12-17(6-8-21(20)31)25-24(15(2)33-28(40)36-25)27(39)34-19-7-9-22-18(11-19)13-32-37-22/h6-9,11-14,16,23,25H,10H2,1-5H3,(H,32,37)(H,34,39)(H,35,38)(H2,33,36,40)/t14?,16?,23?,25?,29-,30?/m0/s1. The number of carbonyl (C=O) groups is 3. The van der Waals surface area contributed by atoms with Gasteiger partial charge in [-0.1, -0.05) is 33.8 Å². The largest absolute Gasteiger partial charge is 0.349 e. The summed E-state index contributed by atoms with van der Waals surface area (Å²) >= 11 is 0. The van der Waals surface area contributed by atoms with Gasteiger partial charge in [-0.2, -0.15) is 5.10 Å². The SMILES string of the molecule is CC1=C(C(=O)Nc2ccc3[nH]ncc3c2)C(c2ccc(F)c(C(=O)NC3CC(C)[C@@]4(C)C(C)C34C)c2)NC(=O)N1. The van der Waals surface area contributed by atoms with Crippen LogP contribution in [-0.4, -0.2) is 34.1 Å². The Morgan fingerprint density at radius 2 is 1.85 bits per heavy atom. The van der Waals surface area contributed by atoms with Gasteiger partial charge in [0.25, 0.3) is 11.8 Å². The minimum atomic E-state index is -0.894. The predicted molar refractivity (Wildman–Crippen MR) is 149 cm³/mol. The van der Waals surface area contributed by atoms with E-state index in [1.807, 2.05) is 0 Å². The quantitative estimate of drug-likeness (QED) is 0.317. The van der Waals surface area contributed by atoms with E-state index in [4.69, 9.17) is 0 Å². The normalized spacial score (nSPS) is 30.9. The maximum absolute atomic E-state index is 15.0. The number of aromatic nitrogens is 2. The molecule has 3 aliphatic rings. The molecule has 0 saturated heterocycles. The molecular formula is C30H33FN6O3. The summed E-state index contributed by atoms with van der Waals surface area (Å²) in [6.45, 7) is 10.5. The van der Waals surface area contributed by atoms with Crippen LogP contribution >= 0.6 is 0 Å². The van der Waals surface area contributed by atoms with Crippen LogP contribution < -0.4 is 21.3 Å². The van der Waals surface area contributed by atoms with Crippen LogP contribution in [0.1, 0.15) is 63.0 Å². The minimum absolute atomic E-state index is 0.0379. The minimum Gasteiger partial charge on any atom is -0.349 e. The van der Waals surface area contributed by atoms with Crippen LogP contribution in [0.2, 0.25) is 0 Å². The lowest BCUT2D eigenvalue weighted by Crippen LogP contribution is -2.46. The fraction of sp³-hybridized carbons (Fsp3) is 0.400. The highest BCUT2D eigenvalue weighted by atomic mass is 19.1. The second kappa shape index (κ2) is 8.90. The summed E-state index contributed by atoms with van der Waals surface area (Å²) in [5.74, 6) is -0.699. The Bertz CT molecular complexity index is 1610. The highest BCUT2D eigenvalue weighted by Gasteiger charge is 2.77. The fourth-order valence-corrected chi connectivity index (χ4v) is 7.41. The first-order valence-electron chi connectivity index (χ1n) is 13.6. The summed E-state index contributed by atoms with van der Waals surface area (Å²) in [5.41, 5.74) is 2.41. The van der Waals surface area contributed by atoms with Crippen LogP contribution in [0.15, 0.2) is 53.9 Å². The molecule has 0 radical (unpaired) electrons. The van der Waals surface area contributed by atoms with Gasteiger partial charge in [0.1, 0.15) is 5.82 Å². The number of rotatable bonds is 5. The van der Waals surface area contributed by atoms with Crippen molar-refractivity contribution in [2.45, 2.75) is 53.1 Å². The van der Waals surface area contributed by atoms with Crippen molar-refractivity contribution in [2.24, 2.45) is 22.7 Å². The molecule has 6 atom stereocenters. The molecule has 2 aromatic carbocycles. The Morgan fingerprint density at radius 3 is 2.58 bits per heavy atom. The van der Waals surface area contributed by atoms with E-state index in [0.717, 1.165) is 17.3 Å². The first-order chi connectivity index (χ1) is 18.9. The number of amides is 4. The van der Waals surface area contributed by atoms with E-state index in [-0.39, 0.29) is 28.0 Å². The number of benzene rings is 2. The van der Waals surface area contributed by atoms with Gasteiger partial charge in [-0.25, -0.2) is 9.18 Å². The number of hydrogen-bond donors (Lipinski definition) is 5. The molecule has 0 spiro atoms. The molecule has 2 fully saturated rings. The van der Waals surface area contributed by atoms with Crippen LogP contribution in [0.3, 0.4) is 0 Å². The number of nitrogens with zero attached hydrogens (tertiary/aromatic N) is 1. The maximum atomic E-state index is 15.0. The molecule has 2 aliphatic carbocycles. The van der Waals surface area contributed by atoms with Gasteiger partial charge >= 0.3 is 6.03 Å². The first-order valence-corrected chi connectivity index (χ1v) is 13.6. The van der Waals surface area contributed by atoms with Gasteiger partial charge < -0.3 is 21.3 Å². The van der Waals surface area contributed by atoms with E-state index in [2.05, 4.69) is 59.2 Å². The van der Waals surface area contributed by atoms with E-state index < -0.39 is 29.7 Å². The third-order valence-electron chi connectivity index (χ3n) is 10.3. The Hall–Kier alpha value is -4.21. The van der Waals surface area contributed by atoms with Crippen molar-refractivity contribution in [3.8, 4) is 0 Å². The van der Waals surface area contributed by atoms with Crippen molar-refractivity contribution in [2.75, 3.05) is 5.32 Å². The highest BCUT2D eigenvalue weighted by Crippen LogP contribution is 2.79. The zero-order valence-corrected chi connectivity index (χ0v) is 23.1. The van der Waals surface area contributed by atoms with E-state index in [1.165, 1.54) is 18.2 Å². The van der Waals surface area contributed by atoms with Crippen molar-refractivity contribution in [3.63, 3.8) is 0 Å². The molecule has 6 rings (SSSR count). The zero-order valence-electron chi connectivity index (χ0n) is 23.1. The predicted octanol–water partition coefficient (Wildman–Crippen LogP) is 4.77.